The van der Waals surface area contributed by atoms with Crippen LogP contribution in [0.1, 0.15) is 59.3 Å². The van der Waals surface area contributed by atoms with Crippen molar-refractivity contribution in [2.24, 2.45) is 16.6 Å². The van der Waals surface area contributed by atoms with Crippen LogP contribution in [0.3, 0.4) is 0 Å². The lowest BCUT2D eigenvalue weighted by atomic mass is 9.77. The van der Waals surface area contributed by atoms with Crippen molar-refractivity contribution in [3.05, 3.63) is 0 Å². The Morgan fingerprint density at radius 2 is 1.80 bits per heavy atom. The Hall–Kier alpha value is -0.610. The molecule has 20 heavy (non-hydrogen) atoms. The average Bonchev–Trinajstić information content (AvgIpc) is 2.45. The second-order valence-corrected chi connectivity index (χ2v) is 6.59. The molecule has 1 saturated heterocycles. The lowest BCUT2D eigenvalue weighted by Crippen LogP contribution is -2.49. The van der Waals surface area contributed by atoms with Gasteiger partial charge in [0.15, 0.2) is 0 Å². The van der Waals surface area contributed by atoms with E-state index in [1.54, 1.807) is 0 Å². The van der Waals surface area contributed by atoms with Crippen LogP contribution in [-0.2, 0) is 9.53 Å². The fourth-order valence-corrected chi connectivity index (χ4v) is 3.13. The van der Waals surface area contributed by atoms with Crippen LogP contribution >= 0.6 is 0 Å². The van der Waals surface area contributed by atoms with E-state index in [2.05, 4.69) is 26.1 Å². The molecule has 1 heterocycles. The number of ether oxygens (including phenoxy) is 1. The summed E-state index contributed by atoms with van der Waals surface area (Å²) in [6.45, 7) is 9.27. The Kier molecular flexibility index (Phi) is 6.96. The number of carbonyl (C=O) groups excluding carboxylic acids is 1. The maximum absolute atomic E-state index is 12.6. The molecule has 0 radical (unpaired) electrons. The Balaban J connectivity index is 2.61. The smallest absolute Gasteiger partial charge is 0.227 e. The predicted octanol–water partition coefficient (Wildman–Crippen LogP) is 2.46. The van der Waals surface area contributed by atoms with Crippen molar-refractivity contribution in [2.45, 2.75) is 59.3 Å². The molecule has 4 nitrogen and oxygen atoms in total. The zero-order valence-corrected chi connectivity index (χ0v) is 13.5. The van der Waals surface area contributed by atoms with Gasteiger partial charge in [-0.2, -0.15) is 0 Å². The molecule has 4 heteroatoms. The van der Waals surface area contributed by atoms with Gasteiger partial charge in [0.05, 0.1) is 5.41 Å². The van der Waals surface area contributed by atoms with E-state index in [0.29, 0.717) is 6.54 Å². The molecule has 1 fully saturated rings. The molecule has 0 aromatic rings. The van der Waals surface area contributed by atoms with Gasteiger partial charge in [-0.15, -0.1) is 0 Å². The first-order chi connectivity index (χ1) is 9.52. The van der Waals surface area contributed by atoms with Gasteiger partial charge in [0.2, 0.25) is 5.91 Å². The molecule has 0 saturated carbocycles. The third-order valence-corrected chi connectivity index (χ3v) is 4.71. The summed E-state index contributed by atoms with van der Waals surface area (Å²) in [6.07, 6.45) is 5.78. The van der Waals surface area contributed by atoms with Crippen LogP contribution in [0.15, 0.2) is 0 Å². The lowest BCUT2D eigenvalue weighted by Gasteiger charge is -2.36. The maximum atomic E-state index is 12.6. The minimum Gasteiger partial charge on any atom is -0.381 e. The molecule has 3 N–H and O–H groups in total. The van der Waals surface area contributed by atoms with E-state index in [-0.39, 0.29) is 16.7 Å². The number of nitrogens with one attached hydrogen (secondary N) is 1. The average molecular weight is 284 g/mol. The summed E-state index contributed by atoms with van der Waals surface area (Å²) in [5.74, 6) is 0.149. The SMILES string of the molecule is CCCC(CN)(CCC)C(=O)NCC1(C)CCOCC1. The standard InChI is InChI=1S/C16H32N2O2/c1-4-6-16(12-17,7-5-2)14(19)18-13-15(3)8-10-20-11-9-15/h4-13,17H2,1-3H3,(H,18,19). The molecule has 1 amide bonds. The highest BCUT2D eigenvalue weighted by atomic mass is 16.5. The molecule has 0 aromatic carbocycles. The van der Waals surface area contributed by atoms with Gasteiger partial charge >= 0.3 is 0 Å². The number of carbonyl (C=O) groups is 1. The highest BCUT2D eigenvalue weighted by Gasteiger charge is 2.36. The molecular weight excluding hydrogens is 252 g/mol. The van der Waals surface area contributed by atoms with Crippen LogP contribution < -0.4 is 11.1 Å². The minimum absolute atomic E-state index is 0.149. The topological polar surface area (TPSA) is 64.4 Å². The van der Waals surface area contributed by atoms with E-state index in [4.69, 9.17) is 10.5 Å². The third kappa shape index (κ3) is 4.45. The van der Waals surface area contributed by atoms with E-state index >= 15 is 0 Å². The lowest BCUT2D eigenvalue weighted by molar-refractivity contribution is -0.132. The third-order valence-electron chi connectivity index (χ3n) is 4.71. The van der Waals surface area contributed by atoms with Crippen molar-refractivity contribution < 1.29 is 9.53 Å². The Labute approximate surface area is 123 Å². The van der Waals surface area contributed by atoms with Crippen molar-refractivity contribution >= 4 is 5.91 Å². The molecule has 1 rings (SSSR count). The normalized spacial score (nSPS) is 18.8. The first kappa shape index (κ1) is 17.4. The quantitative estimate of drug-likeness (QED) is 0.719. The number of hydrogen-bond donors (Lipinski definition) is 2. The molecular formula is C16H32N2O2. The fraction of sp³-hybridized carbons (Fsp3) is 0.938. The fourth-order valence-electron chi connectivity index (χ4n) is 3.13. The summed E-state index contributed by atoms with van der Waals surface area (Å²) in [4.78, 5) is 12.6. The summed E-state index contributed by atoms with van der Waals surface area (Å²) in [6, 6.07) is 0. The largest absolute Gasteiger partial charge is 0.381 e. The van der Waals surface area contributed by atoms with E-state index in [1.807, 2.05) is 0 Å². The first-order valence-corrected chi connectivity index (χ1v) is 8.08. The van der Waals surface area contributed by atoms with Crippen molar-refractivity contribution in [1.29, 1.82) is 0 Å². The number of hydrogen-bond acceptors (Lipinski definition) is 3. The molecule has 0 bridgehead atoms. The Bertz CT molecular complexity index is 293. The summed E-state index contributed by atoms with van der Waals surface area (Å²) in [7, 11) is 0. The Morgan fingerprint density at radius 1 is 1.25 bits per heavy atom. The van der Waals surface area contributed by atoms with Crippen LogP contribution in [0.2, 0.25) is 0 Å². The maximum Gasteiger partial charge on any atom is 0.227 e. The van der Waals surface area contributed by atoms with Crippen LogP contribution in [0, 0.1) is 10.8 Å². The van der Waals surface area contributed by atoms with Crippen molar-refractivity contribution in [3.8, 4) is 0 Å². The highest BCUT2D eigenvalue weighted by Crippen LogP contribution is 2.31. The summed E-state index contributed by atoms with van der Waals surface area (Å²) < 4.78 is 5.40. The molecule has 1 aliphatic rings. The molecule has 0 aliphatic carbocycles. The second-order valence-electron chi connectivity index (χ2n) is 6.59. The van der Waals surface area contributed by atoms with Gasteiger partial charge in [0.25, 0.3) is 0 Å². The summed E-state index contributed by atoms with van der Waals surface area (Å²) in [5.41, 5.74) is 5.74. The molecule has 118 valence electrons. The van der Waals surface area contributed by atoms with Gasteiger partial charge < -0.3 is 15.8 Å². The monoisotopic (exact) mass is 284 g/mol. The van der Waals surface area contributed by atoms with E-state index in [1.165, 1.54) is 0 Å². The van der Waals surface area contributed by atoms with Crippen LogP contribution in [0.5, 0.6) is 0 Å². The van der Waals surface area contributed by atoms with Gasteiger partial charge in [-0.1, -0.05) is 33.6 Å². The minimum atomic E-state index is -0.370. The molecule has 0 spiro atoms. The molecule has 0 aromatic heterocycles. The molecule has 0 atom stereocenters. The van der Waals surface area contributed by atoms with Gasteiger partial charge in [-0.05, 0) is 31.1 Å². The van der Waals surface area contributed by atoms with Crippen LogP contribution in [-0.4, -0.2) is 32.2 Å². The second kappa shape index (κ2) is 7.99. The van der Waals surface area contributed by atoms with E-state index < -0.39 is 0 Å². The van der Waals surface area contributed by atoms with Crippen LogP contribution in [0.4, 0.5) is 0 Å². The van der Waals surface area contributed by atoms with Gasteiger partial charge in [-0.3, -0.25) is 4.79 Å². The number of rotatable bonds is 8. The van der Waals surface area contributed by atoms with Gasteiger partial charge in [0, 0.05) is 26.3 Å². The van der Waals surface area contributed by atoms with Gasteiger partial charge in [0.1, 0.15) is 0 Å². The summed E-state index contributed by atoms with van der Waals surface area (Å²) >= 11 is 0. The zero-order valence-electron chi connectivity index (χ0n) is 13.5. The van der Waals surface area contributed by atoms with Crippen molar-refractivity contribution in [3.63, 3.8) is 0 Å². The Morgan fingerprint density at radius 3 is 2.25 bits per heavy atom. The first-order valence-electron chi connectivity index (χ1n) is 8.08. The molecule has 1 aliphatic heterocycles. The number of amides is 1. The molecule has 0 unspecified atom stereocenters. The van der Waals surface area contributed by atoms with Gasteiger partial charge in [-0.25, -0.2) is 0 Å². The van der Waals surface area contributed by atoms with Crippen molar-refractivity contribution in [1.82, 2.24) is 5.32 Å². The van der Waals surface area contributed by atoms with E-state index in [9.17, 15) is 4.79 Å². The van der Waals surface area contributed by atoms with Crippen molar-refractivity contribution in [2.75, 3.05) is 26.3 Å². The zero-order chi connectivity index (χ0) is 15.1. The van der Waals surface area contributed by atoms with Crippen LogP contribution in [0.25, 0.3) is 0 Å². The summed E-state index contributed by atoms with van der Waals surface area (Å²) in [5, 5.41) is 3.18. The number of nitrogens with two attached hydrogens (primary N) is 1. The van der Waals surface area contributed by atoms with E-state index in [0.717, 1.165) is 58.3 Å². The predicted molar refractivity (Wildman–Crippen MR) is 82.5 cm³/mol. The highest BCUT2D eigenvalue weighted by molar-refractivity contribution is 5.82.